The Labute approximate surface area is 217 Å². The largest absolute Gasteiger partial charge is 0.465 e. The molecule has 1 aromatic carbocycles. The quantitative estimate of drug-likeness (QED) is 0.378. The Bertz CT molecular complexity index is 1130. The van der Waals surface area contributed by atoms with Gasteiger partial charge in [0.15, 0.2) is 0 Å². The number of carbonyl (C=O) groups excluding carboxylic acids is 3. The van der Waals surface area contributed by atoms with E-state index in [9.17, 15) is 14.4 Å². The van der Waals surface area contributed by atoms with Gasteiger partial charge >= 0.3 is 12.1 Å². The summed E-state index contributed by atoms with van der Waals surface area (Å²) in [7, 11) is 1.37. The Hall–Kier alpha value is -2.30. The normalized spacial score (nSPS) is 19.7. The Morgan fingerprint density at radius 3 is 2.80 bits per heavy atom. The zero-order valence-electron chi connectivity index (χ0n) is 19.9. The van der Waals surface area contributed by atoms with Crippen LogP contribution in [0.1, 0.15) is 37.3 Å². The number of nitrogens with zero attached hydrogens (tertiary/aromatic N) is 3. The molecule has 2 aromatic rings. The summed E-state index contributed by atoms with van der Waals surface area (Å²) in [5.74, 6) is -0.300. The lowest BCUT2D eigenvalue weighted by molar-refractivity contribution is -0.142. The first-order valence-corrected chi connectivity index (χ1v) is 13.6. The van der Waals surface area contributed by atoms with Crippen molar-refractivity contribution in [2.45, 2.75) is 48.0 Å². The van der Waals surface area contributed by atoms with Gasteiger partial charge in [-0.25, -0.2) is 9.78 Å². The fraction of sp³-hybridized carbons (Fsp3) is 0.500. The van der Waals surface area contributed by atoms with Gasteiger partial charge in [-0.2, -0.15) is 0 Å². The zero-order chi connectivity index (χ0) is 25.2. The fourth-order valence-corrected chi connectivity index (χ4v) is 7.06. The third kappa shape index (κ3) is 5.29. The molecule has 2 aliphatic rings. The van der Waals surface area contributed by atoms with E-state index in [0.717, 1.165) is 21.9 Å². The van der Waals surface area contributed by atoms with Crippen LogP contribution in [0.15, 0.2) is 28.6 Å². The smallest absolute Gasteiger partial charge is 0.409 e. The van der Waals surface area contributed by atoms with Gasteiger partial charge < -0.3 is 19.3 Å². The van der Waals surface area contributed by atoms with Crippen LogP contribution in [0.4, 0.5) is 10.5 Å². The minimum atomic E-state index is -0.373. The number of hydrogen-bond donors (Lipinski definition) is 0. The van der Waals surface area contributed by atoms with Gasteiger partial charge in [0.1, 0.15) is 10.3 Å². The van der Waals surface area contributed by atoms with Gasteiger partial charge in [0, 0.05) is 35.8 Å². The number of halogens is 1. The molecule has 8 nitrogen and oxygen atoms in total. The summed E-state index contributed by atoms with van der Waals surface area (Å²) in [4.78, 5) is 45.6. The highest BCUT2D eigenvalue weighted by atomic mass is 35.5. The van der Waals surface area contributed by atoms with Gasteiger partial charge in [-0.1, -0.05) is 30.3 Å². The van der Waals surface area contributed by atoms with Crippen molar-refractivity contribution in [3.05, 3.63) is 40.0 Å². The van der Waals surface area contributed by atoms with Crippen molar-refractivity contribution in [3.8, 4) is 0 Å². The van der Waals surface area contributed by atoms with E-state index in [1.54, 1.807) is 29.0 Å². The molecule has 11 heteroatoms. The third-order valence-electron chi connectivity index (χ3n) is 6.38. The summed E-state index contributed by atoms with van der Waals surface area (Å²) in [6.07, 6.45) is 2.87. The average Bonchev–Trinajstić information content (AvgIpc) is 3.55. The SMILES string of the molecule is CCOC(=O)C(CC)Sc1cnc(CC(=O)N2CC3(CCN(C(=O)OC)C3)c3cc(Cl)ccc32)s1. The predicted octanol–water partition coefficient (Wildman–Crippen LogP) is 4.53. The molecule has 188 valence electrons. The van der Waals surface area contributed by atoms with Gasteiger partial charge in [0.25, 0.3) is 0 Å². The molecule has 0 radical (unpaired) electrons. The predicted molar refractivity (Wildman–Crippen MR) is 136 cm³/mol. The molecule has 1 saturated heterocycles. The molecule has 2 unspecified atom stereocenters. The zero-order valence-corrected chi connectivity index (χ0v) is 22.3. The number of rotatable bonds is 7. The number of methoxy groups -OCH3 is 1. The molecule has 1 fully saturated rings. The molecule has 4 rings (SSSR count). The minimum Gasteiger partial charge on any atom is -0.465 e. The van der Waals surface area contributed by atoms with Crippen molar-refractivity contribution in [3.63, 3.8) is 0 Å². The maximum Gasteiger partial charge on any atom is 0.409 e. The number of carbonyl (C=O) groups is 3. The molecular weight excluding hydrogens is 510 g/mol. The van der Waals surface area contributed by atoms with Crippen molar-refractivity contribution in [1.29, 1.82) is 0 Å². The van der Waals surface area contributed by atoms with E-state index in [-0.39, 0.29) is 35.1 Å². The fourth-order valence-electron chi connectivity index (χ4n) is 4.70. The topological polar surface area (TPSA) is 89.0 Å². The summed E-state index contributed by atoms with van der Waals surface area (Å²) in [6.45, 7) is 5.59. The third-order valence-corrected chi connectivity index (χ3v) is 9.10. The molecular formula is C24H28ClN3O5S2. The molecule has 35 heavy (non-hydrogen) atoms. The Morgan fingerprint density at radius 2 is 2.09 bits per heavy atom. The van der Waals surface area contributed by atoms with Crippen LogP contribution in [0.25, 0.3) is 0 Å². The molecule has 3 heterocycles. The van der Waals surface area contributed by atoms with Crippen LogP contribution < -0.4 is 4.90 Å². The molecule has 2 atom stereocenters. The molecule has 0 N–H and O–H groups in total. The first-order chi connectivity index (χ1) is 16.8. The number of anilines is 1. The number of benzene rings is 1. The van der Waals surface area contributed by atoms with Crippen molar-refractivity contribution in [1.82, 2.24) is 9.88 Å². The second-order valence-corrected chi connectivity index (χ2v) is 11.6. The molecule has 0 bridgehead atoms. The van der Waals surface area contributed by atoms with Crippen LogP contribution in [0.5, 0.6) is 0 Å². The second kappa shape index (κ2) is 10.8. The standard InChI is InChI=1S/C24H28ClN3O5S2/c1-4-18(22(30)33-5-2)34-21-12-26-19(35-21)11-20(29)28-14-24(8-9-27(13-24)23(31)32-3)16-10-15(25)6-7-17(16)28/h6-7,10,12,18H,4-5,8-9,11,13-14H2,1-3H3. The molecule has 1 aromatic heterocycles. The maximum absolute atomic E-state index is 13.4. The number of likely N-dealkylation sites (tertiary alicyclic amines) is 1. The van der Waals surface area contributed by atoms with E-state index in [2.05, 4.69) is 4.98 Å². The maximum atomic E-state index is 13.4. The summed E-state index contributed by atoms with van der Waals surface area (Å²) in [6, 6.07) is 5.56. The number of aromatic nitrogens is 1. The first-order valence-electron chi connectivity index (χ1n) is 11.5. The number of esters is 1. The van der Waals surface area contributed by atoms with Gasteiger partial charge in [0.05, 0.1) is 30.5 Å². The van der Waals surface area contributed by atoms with Crippen LogP contribution >= 0.6 is 34.7 Å². The van der Waals surface area contributed by atoms with Crippen LogP contribution in [0.3, 0.4) is 0 Å². The monoisotopic (exact) mass is 537 g/mol. The first kappa shape index (κ1) is 25.8. The summed E-state index contributed by atoms with van der Waals surface area (Å²) in [5.41, 5.74) is 1.44. The Morgan fingerprint density at radius 1 is 1.29 bits per heavy atom. The van der Waals surface area contributed by atoms with Gasteiger partial charge in [-0.05, 0) is 43.5 Å². The van der Waals surface area contributed by atoms with E-state index < -0.39 is 0 Å². The molecule has 2 aliphatic heterocycles. The second-order valence-electron chi connectivity index (χ2n) is 8.58. The number of hydrogen-bond acceptors (Lipinski definition) is 8. The minimum absolute atomic E-state index is 0.0645. The van der Waals surface area contributed by atoms with E-state index >= 15 is 0 Å². The van der Waals surface area contributed by atoms with E-state index in [1.807, 2.05) is 19.1 Å². The summed E-state index contributed by atoms with van der Waals surface area (Å²) in [5, 5.41) is 0.993. The number of fused-ring (bicyclic) bond motifs is 2. The number of thioether (sulfide) groups is 1. The van der Waals surface area contributed by atoms with Crippen LogP contribution in [-0.4, -0.2) is 66.5 Å². The summed E-state index contributed by atoms with van der Waals surface area (Å²) < 4.78 is 10.9. The van der Waals surface area contributed by atoms with Crippen LogP contribution in [0, 0.1) is 0 Å². The van der Waals surface area contributed by atoms with Crippen molar-refractivity contribution in [2.24, 2.45) is 0 Å². The van der Waals surface area contributed by atoms with Crippen LogP contribution in [0.2, 0.25) is 5.02 Å². The molecule has 0 saturated carbocycles. The van der Waals surface area contributed by atoms with Gasteiger partial charge in [-0.3, -0.25) is 9.59 Å². The lowest BCUT2D eigenvalue weighted by atomic mass is 9.81. The highest BCUT2D eigenvalue weighted by Gasteiger charge is 2.50. The average molecular weight is 538 g/mol. The van der Waals surface area contributed by atoms with E-state index in [0.29, 0.717) is 42.7 Å². The molecule has 0 aliphatic carbocycles. The Balaban J connectivity index is 1.49. The Kier molecular flexibility index (Phi) is 7.92. The van der Waals surface area contributed by atoms with Crippen LogP contribution in [-0.2, 0) is 30.9 Å². The van der Waals surface area contributed by atoms with E-state index in [4.69, 9.17) is 21.1 Å². The van der Waals surface area contributed by atoms with E-state index in [1.165, 1.54) is 30.2 Å². The lowest BCUT2D eigenvalue weighted by Crippen LogP contribution is -2.40. The summed E-state index contributed by atoms with van der Waals surface area (Å²) >= 11 is 9.15. The highest BCUT2D eigenvalue weighted by Crippen LogP contribution is 2.47. The molecule has 1 spiro atoms. The van der Waals surface area contributed by atoms with Crippen molar-refractivity contribution >= 4 is 58.4 Å². The number of ether oxygens (including phenoxy) is 2. The van der Waals surface area contributed by atoms with Gasteiger partial charge in [-0.15, -0.1) is 11.3 Å². The number of amides is 2. The number of thiazole rings is 1. The molecule has 2 amide bonds. The lowest BCUT2D eigenvalue weighted by Gasteiger charge is -2.25. The highest BCUT2D eigenvalue weighted by molar-refractivity contribution is 8.02. The van der Waals surface area contributed by atoms with Crippen molar-refractivity contribution < 1.29 is 23.9 Å². The van der Waals surface area contributed by atoms with Crippen molar-refractivity contribution in [2.75, 3.05) is 38.3 Å². The van der Waals surface area contributed by atoms with Gasteiger partial charge in [0.2, 0.25) is 5.91 Å².